The Morgan fingerprint density at radius 2 is 2.00 bits per heavy atom. The molecule has 0 aliphatic rings. The number of ether oxygens (including phenoxy) is 1. The van der Waals surface area contributed by atoms with Crippen molar-refractivity contribution in [3.63, 3.8) is 0 Å². The molecule has 9 heteroatoms. The molecule has 0 aliphatic carbocycles. The topological polar surface area (TPSA) is 107 Å². The van der Waals surface area contributed by atoms with E-state index in [2.05, 4.69) is 10.5 Å². The molecule has 0 atom stereocenters. The Labute approximate surface area is 170 Å². The van der Waals surface area contributed by atoms with Crippen LogP contribution in [0.2, 0.25) is 5.02 Å². The third kappa shape index (κ3) is 5.43. The molecule has 1 aromatic heterocycles. The minimum absolute atomic E-state index is 0.000757. The molecule has 0 spiro atoms. The van der Waals surface area contributed by atoms with Gasteiger partial charge in [-0.2, -0.15) is 5.10 Å². The number of aryl methyl sites for hydroxylation is 1. The van der Waals surface area contributed by atoms with Crippen LogP contribution in [0.4, 0.5) is 5.69 Å². The summed E-state index contributed by atoms with van der Waals surface area (Å²) in [6, 6.07) is 14.5. The zero-order valence-corrected chi connectivity index (χ0v) is 16.1. The summed E-state index contributed by atoms with van der Waals surface area (Å²) in [4.78, 5) is 22.1. The molecule has 0 saturated heterocycles. The van der Waals surface area contributed by atoms with Gasteiger partial charge in [-0.25, -0.2) is 5.43 Å². The fraction of sp³-hybridized carbons (Fsp3) is 0.100. The van der Waals surface area contributed by atoms with Gasteiger partial charge in [-0.1, -0.05) is 11.6 Å². The summed E-state index contributed by atoms with van der Waals surface area (Å²) in [5, 5.41) is 15.1. The van der Waals surface area contributed by atoms with Crippen molar-refractivity contribution in [2.24, 2.45) is 5.10 Å². The number of nitro groups is 1. The molecule has 0 fully saturated rings. The molecular formula is C20H16ClN3O5. The number of nitrogens with zero attached hydrogens (tertiary/aromatic N) is 2. The lowest BCUT2D eigenvalue weighted by molar-refractivity contribution is -0.384. The van der Waals surface area contributed by atoms with Gasteiger partial charge < -0.3 is 9.15 Å². The van der Waals surface area contributed by atoms with Gasteiger partial charge in [0.15, 0.2) is 6.61 Å². The minimum Gasteiger partial charge on any atom is -0.483 e. The maximum absolute atomic E-state index is 11.8. The van der Waals surface area contributed by atoms with Gasteiger partial charge in [-0.3, -0.25) is 14.9 Å². The number of carbonyl (C=O) groups is 1. The van der Waals surface area contributed by atoms with E-state index in [4.69, 9.17) is 20.8 Å². The number of nitro benzene ring substituents is 1. The van der Waals surface area contributed by atoms with Crippen LogP contribution in [0, 0.1) is 17.0 Å². The van der Waals surface area contributed by atoms with Gasteiger partial charge in [0.2, 0.25) is 0 Å². The largest absolute Gasteiger partial charge is 0.483 e. The van der Waals surface area contributed by atoms with E-state index in [-0.39, 0.29) is 12.3 Å². The third-order valence-corrected chi connectivity index (χ3v) is 4.10. The predicted molar refractivity (Wildman–Crippen MR) is 108 cm³/mol. The van der Waals surface area contributed by atoms with Gasteiger partial charge in [0, 0.05) is 22.7 Å². The monoisotopic (exact) mass is 413 g/mol. The molecular weight excluding hydrogens is 398 g/mol. The van der Waals surface area contributed by atoms with Crippen molar-refractivity contribution in [1.29, 1.82) is 0 Å². The lowest BCUT2D eigenvalue weighted by Gasteiger charge is -2.08. The van der Waals surface area contributed by atoms with Crippen molar-refractivity contribution in [2.75, 3.05) is 6.61 Å². The Morgan fingerprint density at radius 3 is 2.69 bits per heavy atom. The molecule has 0 saturated carbocycles. The average molecular weight is 414 g/mol. The van der Waals surface area contributed by atoms with E-state index < -0.39 is 10.8 Å². The van der Waals surface area contributed by atoms with Crippen LogP contribution in [0.25, 0.3) is 11.3 Å². The number of halogens is 1. The minimum atomic E-state index is -0.468. The highest BCUT2D eigenvalue weighted by Crippen LogP contribution is 2.24. The van der Waals surface area contributed by atoms with E-state index in [0.29, 0.717) is 27.9 Å². The van der Waals surface area contributed by atoms with Crippen LogP contribution in [0.15, 0.2) is 64.1 Å². The molecule has 148 valence electrons. The van der Waals surface area contributed by atoms with E-state index in [1.54, 1.807) is 42.5 Å². The summed E-state index contributed by atoms with van der Waals surface area (Å²) >= 11 is 5.88. The molecule has 3 rings (SSSR count). The van der Waals surface area contributed by atoms with Crippen molar-refractivity contribution >= 4 is 29.4 Å². The van der Waals surface area contributed by atoms with E-state index in [0.717, 1.165) is 5.56 Å². The van der Waals surface area contributed by atoms with Crippen LogP contribution >= 0.6 is 11.6 Å². The smallest absolute Gasteiger partial charge is 0.277 e. The number of benzene rings is 2. The summed E-state index contributed by atoms with van der Waals surface area (Å²) in [6.07, 6.45) is 1.35. The van der Waals surface area contributed by atoms with Crippen LogP contribution in [0.5, 0.6) is 5.75 Å². The molecule has 1 amide bonds. The SMILES string of the molecule is Cc1cc(Cl)ccc1OCC(=O)NN=Cc1ccc(-c2ccc([N+](=O)[O-])cc2)o1. The van der Waals surface area contributed by atoms with Gasteiger partial charge in [0.25, 0.3) is 11.6 Å². The summed E-state index contributed by atoms with van der Waals surface area (Å²) < 4.78 is 11.0. The number of non-ortho nitro benzene ring substituents is 1. The predicted octanol–water partition coefficient (Wildman–Crippen LogP) is 4.35. The van der Waals surface area contributed by atoms with Crippen molar-refractivity contribution in [3.05, 3.63) is 81.1 Å². The molecule has 2 aromatic carbocycles. The van der Waals surface area contributed by atoms with Crippen LogP contribution in [0.3, 0.4) is 0 Å². The zero-order chi connectivity index (χ0) is 20.8. The summed E-state index contributed by atoms with van der Waals surface area (Å²) in [6.45, 7) is 1.63. The molecule has 0 bridgehead atoms. The molecule has 1 heterocycles. The molecule has 0 aliphatic heterocycles. The van der Waals surface area contributed by atoms with Crippen LogP contribution in [-0.2, 0) is 4.79 Å². The molecule has 3 aromatic rings. The van der Waals surface area contributed by atoms with Crippen molar-refractivity contribution in [2.45, 2.75) is 6.92 Å². The number of rotatable bonds is 7. The zero-order valence-electron chi connectivity index (χ0n) is 15.3. The fourth-order valence-electron chi connectivity index (χ4n) is 2.44. The van der Waals surface area contributed by atoms with Crippen molar-refractivity contribution < 1.29 is 18.9 Å². The highest BCUT2D eigenvalue weighted by molar-refractivity contribution is 6.30. The van der Waals surface area contributed by atoms with Gasteiger partial charge in [-0.15, -0.1) is 0 Å². The number of nitrogens with one attached hydrogen (secondary N) is 1. The summed E-state index contributed by atoms with van der Waals surface area (Å²) in [5.41, 5.74) is 3.85. The maximum Gasteiger partial charge on any atom is 0.277 e. The van der Waals surface area contributed by atoms with Gasteiger partial charge in [-0.05, 0) is 55.0 Å². The second-order valence-corrected chi connectivity index (χ2v) is 6.43. The fourth-order valence-corrected chi connectivity index (χ4v) is 2.67. The molecule has 0 unspecified atom stereocenters. The Morgan fingerprint density at radius 1 is 1.24 bits per heavy atom. The Hall–Kier alpha value is -3.65. The van der Waals surface area contributed by atoms with E-state index in [1.165, 1.54) is 18.3 Å². The first kappa shape index (κ1) is 20.1. The molecule has 0 radical (unpaired) electrons. The van der Waals surface area contributed by atoms with Gasteiger partial charge in [0.05, 0.1) is 11.1 Å². The average Bonchev–Trinajstić information content (AvgIpc) is 3.16. The Bertz CT molecular complexity index is 1060. The van der Waals surface area contributed by atoms with E-state index in [1.807, 2.05) is 6.92 Å². The number of carbonyl (C=O) groups excluding carboxylic acids is 1. The van der Waals surface area contributed by atoms with Crippen LogP contribution < -0.4 is 10.2 Å². The standard InChI is InChI=1S/C20H16ClN3O5/c1-13-10-15(21)4-8-18(13)28-12-20(25)23-22-11-17-7-9-19(29-17)14-2-5-16(6-3-14)24(26)27/h2-11H,12H2,1H3,(H,23,25). The van der Waals surface area contributed by atoms with Crippen molar-refractivity contribution in [3.8, 4) is 17.1 Å². The van der Waals surface area contributed by atoms with E-state index in [9.17, 15) is 14.9 Å². The quantitative estimate of drug-likeness (QED) is 0.352. The second kappa shape index (κ2) is 9.03. The highest BCUT2D eigenvalue weighted by Gasteiger charge is 2.08. The summed E-state index contributed by atoms with van der Waals surface area (Å²) in [7, 11) is 0. The molecule has 29 heavy (non-hydrogen) atoms. The molecule has 1 N–H and O–H groups in total. The van der Waals surface area contributed by atoms with Gasteiger partial charge in [0.1, 0.15) is 17.3 Å². The number of hydrogen-bond donors (Lipinski definition) is 1. The molecule has 8 nitrogen and oxygen atoms in total. The first-order valence-corrected chi connectivity index (χ1v) is 8.85. The highest BCUT2D eigenvalue weighted by atomic mass is 35.5. The van der Waals surface area contributed by atoms with Gasteiger partial charge >= 0.3 is 0 Å². The Balaban J connectivity index is 1.52. The van der Waals surface area contributed by atoms with Crippen molar-refractivity contribution in [1.82, 2.24) is 5.43 Å². The number of hydrogen-bond acceptors (Lipinski definition) is 6. The lowest BCUT2D eigenvalue weighted by atomic mass is 10.1. The number of furan rings is 1. The maximum atomic E-state index is 11.8. The first-order chi connectivity index (χ1) is 13.9. The third-order valence-electron chi connectivity index (χ3n) is 3.87. The van der Waals surface area contributed by atoms with E-state index >= 15 is 0 Å². The Kier molecular flexibility index (Phi) is 6.25. The number of amides is 1. The first-order valence-electron chi connectivity index (χ1n) is 8.48. The number of hydrazone groups is 1. The van der Waals surface area contributed by atoms with Crippen LogP contribution in [-0.4, -0.2) is 23.7 Å². The van der Waals surface area contributed by atoms with Crippen LogP contribution in [0.1, 0.15) is 11.3 Å². The second-order valence-electron chi connectivity index (χ2n) is 6.00. The normalized spacial score (nSPS) is 10.8. The summed E-state index contributed by atoms with van der Waals surface area (Å²) in [5.74, 6) is 1.06. The lowest BCUT2D eigenvalue weighted by Crippen LogP contribution is -2.24.